The number of hydrogen-bond donors (Lipinski definition) is 1. The van der Waals surface area contributed by atoms with E-state index in [4.69, 9.17) is 21.4 Å². The van der Waals surface area contributed by atoms with E-state index in [-0.39, 0.29) is 22.0 Å². The van der Waals surface area contributed by atoms with Crippen LogP contribution in [0.4, 0.5) is 4.39 Å². The van der Waals surface area contributed by atoms with Crippen molar-refractivity contribution in [2.45, 2.75) is 0 Å². The van der Waals surface area contributed by atoms with Crippen molar-refractivity contribution in [2.24, 2.45) is 0 Å². The molecule has 0 aliphatic rings. The number of carboxylic acids is 1. The first kappa shape index (κ1) is 12.4. The van der Waals surface area contributed by atoms with E-state index >= 15 is 0 Å². The molecular weight excluding hydrogens is 265 g/mol. The van der Waals surface area contributed by atoms with Crippen molar-refractivity contribution < 1.29 is 23.6 Å². The SMILES string of the molecule is COc1cc(Cl)c(F)c(-c2cc(C(=O)O)on2)c1. The number of methoxy groups -OCH3 is 1. The molecule has 2 aromatic rings. The molecule has 0 unspecified atom stereocenters. The van der Waals surface area contributed by atoms with Gasteiger partial charge in [0.2, 0.25) is 5.76 Å². The average Bonchev–Trinajstić information content (AvgIpc) is 2.82. The number of hydrogen-bond acceptors (Lipinski definition) is 4. The molecule has 0 radical (unpaired) electrons. The summed E-state index contributed by atoms with van der Waals surface area (Å²) in [6, 6.07) is 3.76. The lowest BCUT2D eigenvalue weighted by Crippen LogP contribution is -1.92. The highest BCUT2D eigenvalue weighted by Gasteiger charge is 2.18. The maximum Gasteiger partial charge on any atom is 0.374 e. The van der Waals surface area contributed by atoms with Gasteiger partial charge in [0.05, 0.1) is 12.1 Å². The summed E-state index contributed by atoms with van der Waals surface area (Å²) in [5, 5.41) is 12.0. The van der Waals surface area contributed by atoms with Crippen LogP contribution < -0.4 is 4.74 Å². The number of aromatic carboxylic acids is 1. The number of aromatic nitrogens is 1. The second kappa shape index (κ2) is 4.66. The summed E-state index contributed by atoms with van der Waals surface area (Å²) < 4.78 is 23.3. The molecule has 0 amide bonds. The van der Waals surface area contributed by atoms with Gasteiger partial charge in [-0.3, -0.25) is 0 Å². The van der Waals surface area contributed by atoms with E-state index < -0.39 is 11.8 Å². The Hall–Kier alpha value is -2.08. The Balaban J connectivity index is 2.55. The van der Waals surface area contributed by atoms with Crippen LogP contribution in [0.15, 0.2) is 22.7 Å². The summed E-state index contributed by atoms with van der Waals surface area (Å²) in [6.45, 7) is 0. The molecule has 1 aromatic heterocycles. The molecule has 0 aliphatic heterocycles. The van der Waals surface area contributed by atoms with E-state index in [1.165, 1.54) is 19.2 Å². The lowest BCUT2D eigenvalue weighted by atomic mass is 10.1. The van der Waals surface area contributed by atoms with Gasteiger partial charge in [-0.1, -0.05) is 16.8 Å². The minimum atomic E-state index is -1.29. The van der Waals surface area contributed by atoms with Crippen LogP contribution in [0, 0.1) is 5.82 Å². The first-order valence-corrected chi connectivity index (χ1v) is 5.14. The molecule has 1 N–H and O–H groups in total. The third-order valence-electron chi connectivity index (χ3n) is 2.23. The Morgan fingerprint density at radius 1 is 1.50 bits per heavy atom. The summed E-state index contributed by atoms with van der Waals surface area (Å²) in [7, 11) is 1.40. The number of rotatable bonds is 3. The highest BCUT2D eigenvalue weighted by atomic mass is 35.5. The minimum absolute atomic E-state index is 0.00981. The zero-order valence-corrected chi connectivity index (χ0v) is 9.86. The lowest BCUT2D eigenvalue weighted by molar-refractivity contribution is 0.0652. The number of carboxylic acid groups (broad SMARTS) is 1. The van der Waals surface area contributed by atoms with Gasteiger partial charge in [0, 0.05) is 17.7 Å². The van der Waals surface area contributed by atoms with Crippen LogP contribution >= 0.6 is 11.6 Å². The number of ether oxygens (including phenoxy) is 1. The van der Waals surface area contributed by atoms with Crippen molar-refractivity contribution in [3.63, 3.8) is 0 Å². The molecule has 0 aliphatic carbocycles. The molecule has 0 saturated heterocycles. The molecule has 1 heterocycles. The van der Waals surface area contributed by atoms with Crippen LogP contribution in [0.5, 0.6) is 5.75 Å². The van der Waals surface area contributed by atoms with Gasteiger partial charge in [-0.2, -0.15) is 0 Å². The number of carbonyl (C=O) groups is 1. The molecule has 18 heavy (non-hydrogen) atoms. The van der Waals surface area contributed by atoms with Gasteiger partial charge in [-0.15, -0.1) is 0 Å². The van der Waals surface area contributed by atoms with Crippen LogP contribution in [0.1, 0.15) is 10.6 Å². The fraction of sp³-hybridized carbons (Fsp3) is 0.0909. The monoisotopic (exact) mass is 271 g/mol. The highest BCUT2D eigenvalue weighted by Crippen LogP contribution is 2.32. The molecular formula is C11H7ClFNO4. The summed E-state index contributed by atoms with van der Waals surface area (Å²) in [5.74, 6) is -2.06. The summed E-state index contributed by atoms with van der Waals surface area (Å²) in [6.07, 6.45) is 0. The van der Waals surface area contributed by atoms with Crippen molar-refractivity contribution in [1.82, 2.24) is 5.16 Å². The quantitative estimate of drug-likeness (QED) is 0.929. The molecule has 2 rings (SSSR count). The second-order valence-electron chi connectivity index (χ2n) is 3.35. The second-order valence-corrected chi connectivity index (χ2v) is 3.76. The van der Waals surface area contributed by atoms with Gasteiger partial charge in [-0.05, 0) is 6.07 Å². The first-order valence-electron chi connectivity index (χ1n) is 4.76. The number of halogens is 2. The van der Waals surface area contributed by atoms with E-state index in [1.54, 1.807) is 0 Å². The minimum Gasteiger partial charge on any atom is -0.497 e. The van der Waals surface area contributed by atoms with E-state index in [1.807, 2.05) is 0 Å². The third kappa shape index (κ3) is 2.14. The molecule has 0 fully saturated rings. The molecule has 0 saturated carbocycles. The predicted molar refractivity (Wildman–Crippen MR) is 60.4 cm³/mol. The Morgan fingerprint density at radius 3 is 2.78 bits per heavy atom. The van der Waals surface area contributed by atoms with Crippen molar-refractivity contribution in [2.75, 3.05) is 7.11 Å². The Morgan fingerprint density at radius 2 is 2.22 bits per heavy atom. The lowest BCUT2D eigenvalue weighted by Gasteiger charge is -2.05. The first-order chi connectivity index (χ1) is 8.52. The van der Waals surface area contributed by atoms with Gasteiger partial charge in [0.25, 0.3) is 0 Å². The molecule has 7 heteroatoms. The maximum atomic E-state index is 13.8. The summed E-state index contributed by atoms with van der Waals surface area (Å²) in [5.41, 5.74) is 0.0429. The fourth-order valence-electron chi connectivity index (χ4n) is 1.37. The van der Waals surface area contributed by atoms with Crippen LogP contribution in [-0.4, -0.2) is 23.3 Å². The third-order valence-corrected chi connectivity index (χ3v) is 2.51. The van der Waals surface area contributed by atoms with Gasteiger partial charge in [0.1, 0.15) is 11.4 Å². The fourth-order valence-corrected chi connectivity index (χ4v) is 1.58. The van der Waals surface area contributed by atoms with Gasteiger partial charge in [0.15, 0.2) is 5.82 Å². The van der Waals surface area contributed by atoms with Gasteiger partial charge in [-0.25, -0.2) is 9.18 Å². The number of nitrogens with zero attached hydrogens (tertiary/aromatic N) is 1. The molecule has 0 spiro atoms. The van der Waals surface area contributed by atoms with Crippen molar-refractivity contribution in [1.29, 1.82) is 0 Å². The summed E-state index contributed by atoms with van der Waals surface area (Å²) >= 11 is 5.69. The van der Waals surface area contributed by atoms with Crippen molar-refractivity contribution in [3.05, 3.63) is 34.8 Å². The normalized spacial score (nSPS) is 10.4. The van der Waals surface area contributed by atoms with Crippen LogP contribution in [0.25, 0.3) is 11.3 Å². The smallest absolute Gasteiger partial charge is 0.374 e. The molecule has 0 bridgehead atoms. The molecule has 5 nitrogen and oxygen atoms in total. The van der Waals surface area contributed by atoms with Crippen LogP contribution in [0.3, 0.4) is 0 Å². The highest BCUT2D eigenvalue weighted by molar-refractivity contribution is 6.31. The van der Waals surface area contributed by atoms with Gasteiger partial charge < -0.3 is 14.4 Å². The zero-order chi connectivity index (χ0) is 13.3. The van der Waals surface area contributed by atoms with Crippen LogP contribution in [0.2, 0.25) is 5.02 Å². The Bertz CT molecular complexity index is 611. The van der Waals surface area contributed by atoms with Gasteiger partial charge >= 0.3 is 5.97 Å². The zero-order valence-electron chi connectivity index (χ0n) is 9.11. The van der Waals surface area contributed by atoms with Crippen LogP contribution in [-0.2, 0) is 0 Å². The van der Waals surface area contributed by atoms with E-state index in [0.29, 0.717) is 5.75 Å². The van der Waals surface area contributed by atoms with E-state index in [0.717, 1.165) is 6.07 Å². The molecule has 94 valence electrons. The van der Waals surface area contributed by atoms with E-state index in [9.17, 15) is 9.18 Å². The summed E-state index contributed by atoms with van der Waals surface area (Å²) in [4.78, 5) is 10.6. The topological polar surface area (TPSA) is 72.6 Å². The molecule has 1 aromatic carbocycles. The maximum absolute atomic E-state index is 13.8. The Kier molecular flexibility index (Phi) is 3.20. The van der Waals surface area contributed by atoms with E-state index in [2.05, 4.69) is 9.68 Å². The van der Waals surface area contributed by atoms with Crippen molar-refractivity contribution >= 4 is 17.6 Å². The largest absolute Gasteiger partial charge is 0.497 e. The standard InChI is InChI=1S/C11H7ClFNO4/c1-17-5-2-6(10(13)7(12)3-5)8-4-9(11(15)16)18-14-8/h2-4H,1H3,(H,15,16). The number of benzene rings is 1. The Labute approximate surface area is 106 Å². The predicted octanol–water partition coefficient (Wildman–Crippen LogP) is 2.84. The van der Waals surface area contributed by atoms with Crippen molar-refractivity contribution in [3.8, 4) is 17.0 Å². The average molecular weight is 272 g/mol. The molecule has 0 atom stereocenters.